The first-order valence-electron chi connectivity index (χ1n) is 11.0. The van der Waals surface area contributed by atoms with Gasteiger partial charge in [-0.15, -0.1) is 0 Å². The number of aliphatic imine (C=N–C) groups is 1. The molecule has 9 nitrogen and oxygen atoms in total. The van der Waals surface area contributed by atoms with E-state index in [1.165, 1.54) is 29.4 Å². The minimum absolute atomic E-state index is 0.00838. The second-order valence-corrected chi connectivity index (χ2v) is 10.4. The summed E-state index contributed by atoms with van der Waals surface area (Å²) in [5, 5.41) is 6.54. The Morgan fingerprint density at radius 2 is 1.97 bits per heavy atom. The molecular formula is C24H25FN4O5S. The van der Waals surface area contributed by atoms with Gasteiger partial charge in [-0.05, 0) is 61.2 Å². The molecule has 2 aromatic carbocycles. The summed E-state index contributed by atoms with van der Waals surface area (Å²) in [6.45, 7) is 3.49. The molecule has 2 amide bonds. The zero-order valence-electron chi connectivity index (χ0n) is 19.2. The molecule has 0 saturated carbocycles. The summed E-state index contributed by atoms with van der Waals surface area (Å²) in [6.07, 6.45) is 1.93. The summed E-state index contributed by atoms with van der Waals surface area (Å²) in [5.74, 6) is -0.230. The highest BCUT2D eigenvalue weighted by atomic mass is 32.2. The fourth-order valence-corrected chi connectivity index (χ4v) is 5.32. The van der Waals surface area contributed by atoms with E-state index in [9.17, 15) is 22.5 Å². The Balaban J connectivity index is 1.47. The SMILES string of the molecule is CC(=O)Nc1ccc(C)c(/C=C/S(=O)(=O)N2CCC3(CC2)N=C(c2cccc(OF)c2)NC3=O)c1. The monoisotopic (exact) mass is 500 g/mol. The largest absolute Gasteiger partial charge is 0.326 e. The average molecular weight is 501 g/mol. The zero-order chi connectivity index (χ0) is 25.2. The lowest BCUT2D eigenvalue weighted by Crippen LogP contribution is -2.50. The smallest absolute Gasteiger partial charge is 0.253 e. The fourth-order valence-electron chi connectivity index (χ4n) is 4.14. The molecule has 0 bridgehead atoms. The Labute approximate surface area is 202 Å². The molecule has 4 rings (SSSR count). The highest BCUT2D eigenvalue weighted by Gasteiger charge is 2.47. The number of halogens is 1. The van der Waals surface area contributed by atoms with Crippen LogP contribution in [0.1, 0.15) is 36.5 Å². The van der Waals surface area contributed by atoms with Gasteiger partial charge in [0.05, 0.1) is 0 Å². The molecule has 1 spiro atoms. The van der Waals surface area contributed by atoms with E-state index in [2.05, 4.69) is 20.6 Å². The number of sulfonamides is 1. The van der Waals surface area contributed by atoms with Crippen LogP contribution in [0, 0.1) is 6.92 Å². The summed E-state index contributed by atoms with van der Waals surface area (Å²) in [6, 6.07) is 11.4. The first-order valence-corrected chi connectivity index (χ1v) is 12.5. The molecule has 0 unspecified atom stereocenters. The van der Waals surface area contributed by atoms with Gasteiger partial charge in [-0.1, -0.05) is 18.2 Å². The molecular weight excluding hydrogens is 475 g/mol. The van der Waals surface area contributed by atoms with Crippen LogP contribution in [0.25, 0.3) is 6.08 Å². The lowest BCUT2D eigenvalue weighted by atomic mass is 9.89. The van der Waals surface area contributed by atoms with E-state index in [1.807, 2.05) is 6.92 Å². The number of aryl methyl sites for hydroxylation is 1. The normalized spacial score (nSPS) is 17.9. The van der Waals surface area contributed by atoms with E-state index in [0.29, 0.717) is 22.6 Å². The Morgan fingerprint density at radius 3 is 2.66 bits per heavy atom. The van der Waals surface area contributed by atoms with E-state index >= 15 is 0 Å². The molecule has 0 atom stereocenters. The molecule has 2 heterocycles. The molecule has 184 valence electrons. The molecule has 1 saturated heterocycles. The van der Waals surface area contributed by atoms with Crippen molar-refractivity contribution in [1.29, 1.82) is 0 Å². The fraction of sp³-hybridized carbons (Fsp3) is 0.292. The van der Waals surface area contributed by atoms with Crippen LogP contribution in [0.3, 0.4) is 0 Å². The van der Waals surface area contributed by atoms with Gasteiger partial charge in [-0.25, -0.2) is 8.42 Å². The van der Waals surface area contributed by atoms with Crippen molar-refractivity contribution in [1.82, 2.24) is 9.62 Å². The second-order valence-electron chi connectivity index (χ2n) is 8.55. The number of nitrogens with one attached hydrogen (secondary N) is 2. The third-order valence-corrected chi connectivity index (χ3v) is 7.67. The van der Waals surface area contributed by atoms with Crippen molar-refractivity contribution < 1.29 is 27.5 Å². The molecule has 0 radical (unpaired) electrons. The molecule has 0 aliphatic carbocycles. The maximum Gasteiger partial charge on any atom is 0.253 e. The van der Waals surface area contributed by atoms with Gasteiger partial charge in [-0.2, -0.15) is 4.31 Å². The molecule has 2 N–H and O–H groups in total. The Bertz CT molecular complexity index is 1330. The van der Waals surface area contributed by atoms with E-state index in [4.69, 9.17) is 0 Å². The lowest BCUT2D eigenvalue weighted by molar-refractivity contribution is -0.125. The number of carbonyl (C=O) groups excluding carboxylic acids is 2. The maximum atomic E-state index is 13.0. The van der Waals surface area contributed by atoms with Gasteiger partial charge in [0.25, 0.3) is 5.91 Å². The molecule has 2 aliphatic heterocycles. The first-order chi connectivity index (χ1) is 16.6. The van der Waals surface area contributed by atoms with Crippen molar-refractivity contribution >= 4 is 39.4 Å². The van der Waals surface area contributed by atoms with Crippen molar-refractivity contribution in [2.24, 2.45) is 4.99 Å². The highest BCUT2D eigenvalue weighted by Crippen LogP contribution is 2.33. The molecule has 35 heavy (non-hydrogen) atoms. The van der Waals surface area contributed by atoms with Crippen LogP contribution in [0.15, 0.2) is 52.9 Å². The number of rotatable bonds is 6. The number of amides is 2. The number of hydrogen-bond donors (Lipinski definition) is 2. The van der Waals surface area contributed by atoms with Crippen LogP contribution >= 0.6 is 0 Å². The first kappa shape index (κ1) is 24.6. The van der Waals surface area contributed by atoms with Gasteiger partial charge in [0.15, 0.2) is 5.75 Å². The predicted molar refractivity (Wildman–Crippen MR) is 130 cm³/mol. The lowest BCUT2D eigenvalue weighted by Gasteiger charge is -2.34. The minimum Gasteiger partial charge on any atom is -0.326 e. The summed E-state index contributed by atoms with van der Waals surface area (Å²) in [4.78, 5) is 32.4. The van der Waals surface area contributed by atoms with Gasteiger partial charge >= 0.3 is 0 Å². The van der Waals surface area contributed by atoms with Crippen molar-refractivity contribution in [3.05, 3.63) is 64.6 Å². The number of anilines is 1. The van der Waals surface area contributed by atoms with E-state index in [0.717, 1.165) is 11.0 Å². The number of benzene rings is 2. The summed E-state index contributed by atoms with van der Waals surface area (Å²) >= 11 is 0. The second kappa shape index (κ2) is 9.59. The quantitative estimate of drug-likeness (QED) is 0.633. The Hall–Kier alpha value is -3.57. The van der Waals surface area contributed by atoms with Crippen molar-refractivity contribution in [3.8, 4) is 5.75 Å². The Kier molecular flexibility index (Phi) is 6.73. The van der Waals surface area contributed by atoms with Crippen LogP contribution in [-0.4, -0.2) is 49.0 Å². The van der Waals surface area contributed by atoms with Gasteiger partial charge in [-0.3, -0.25) is 19.5 Å². The number of nitrogens with zero attached hydrogens (tertiary/aromatic N) is 2. The minimum atomic E-state index is -3.75. The molecule has 1 fully saturated rings. The van der Waals surface area contributed by atoms with Crippen LogP contribution in [-0.2, 0) is 19.6 Å². The average Bonchev–Trinajstić information content (AvgIpc) is 3.15. The third kappa shape index (κ3) is 5.25. The highest BCUT2D eigenvalue weighted by molar-refractivity contribution is 7.92. The van der Waals surface area contributed by atoms with Crippen LogP contribution in [0.5, 0.6) is 5.75 Å². The number of amidine groups is 1. The van der Waals surface area contributed by atoms with Gasteiger partial charge in [0, 0.05) is 41.2 Å². The van der Waals surface area contributed by atoms with Crippen molar-refractivity contribution in [3.63, 3.8) is 0 Å². The summed E-state index contributed by atoms with van der Waals surface area (Å²) < 4.78 is 39.8. The zero-order valence-corrected chi connectivity index (χ0v) is 20.1. The molecule has 2 aromatic rings. The summed E-state index contributed by atoms with van der Waals surface area (Å²) in [7, 11) is -3.75. The number of hydrogen-bond acceptors (Lipinski definition) is 6. The van der Waals surface area contributed by atoms with Gasteiger partial charge in [0.1, 0.15) is 11.4 Å². The van der Waals surface area contributed by atoms with Crippen molar-refractivity contribution in [2.75, 3.05) is 18.4 Å². The van der Waals surface area contributed by atoms with E-state index in [-0.39, 0.29) is 43.5 Å². The van der Waals surface area contributed by atoms with Crippen molar-refractivity contribution in [2.45, 2.75) is 32.2 Å². The maximum absolute atomic E-state index is 13.0. The standard InChI is InChI=1S/C24H25FN4O5S/c1-16-6-7-20(26-17(2)30)14-18(16)8-13-35(32,33)29-11-9-24(10-12-29)23(31)27-22(28-24)19-4-3-5-21(15-19)34-25/h3-8,13-15H,9-12H2,1-2H3,(H,26,30)(H,27,28,31)/b13-8+. The topological polar surface area (TPSA) is 117 Å². The van der Waals surface area contributed by atoms with Gasteiger partial charge in [0.2, 0.25) is 15.9 Å². The van der Waals surface area contributed by atoms with E-state index < -0.39 is 15.6 Å². The predicted octanol–water partition coefficient (Wildman–Crippen LogP) is 2.93. The third-order valence-electron chi connectivity index (χ3n) is 6.11. The number of carbonyl (C=O) groups is 2. The van der Waals surface area contributed by atoms with Gasteiger partial charge < -0.3 is 10.6 Å². The van der Waals surface area contributed by atoms with E-state index in [1.54, 1.807) is 30.3 Å². The Morgan fingerprint density at radius 1 is 1.23 bits per heavy atom. The molecule has 2 aliphatic rings. The van der Waals surface area contributed by atoms with Crippen LogP contribution in [0.2, 0.25) is 0 Å². The number of piperidine rings is 1. The molecule has 11 heteroatoms. The summed E-state index contributed by atoms with van der Waals surface area (Å²) in [5.41, 5.74) is 1.53. The van der Waals surface area contributed by atoms with Crippen LogP contribution in [0.4, 0.5) is 10.2 Å². The van der Waals surface area contributed by atoms with Crippen LogP contribution < -0.4 is 15.6 Å². The molecule has 0 aromatic heterocycles.